The minimum absolute atomic E-state index is 0.120. The van der Waals surface area contributed by atoms with Crippen molar-refractivity contribution < 1.29 is 9.53 Å². The van der Waals surface area contributed by atoms with Gasteiger partial charge in [0.05, 0.1) is 18.7 Å². The van der Waals surface area contributed by atoms with E-state index in [0.717, 1.165) is 38.8 Å². The third-order valence-corrected chi connectivity index (χ3v) is 7.74. The van der Waals surface area contributed by atoms with E-state index < -0.39 is 6.04 Å². The molecule has 6 nitrogen and oxygen atoms in total. The maximum atomic E-state index is 13.2. The van der Waals surface area contributed by atoms with Gasteiger partial charge in [-0.25, -0.2) is 0 Å². The number of hydrogen-bond donors (Lipinski definition) is 2. The van der Waals surface area contributed by atoms with Crippen molar-refractivity contribution in [2.45, 2.75) is 25.4 Å². The number of aromatic nitrogens is 2. The van der Waals surface area contributed by atoms with E-state index in [9.17, 15) is 4.79 Å². The Kier molecular flexibility index (Phi) is 6.52. The molecule has 0 aliphatic carbocycles. The number of ether oxygens (including phenoxy) is 1. The van der Waals surface area contributed by atoms with Crippen LogP contribution in [0, 0.1) is 6.92 Å². The van der Waals surface area contributed by atoms with Gasteiger partial charge in [-0.05, 0) is 48.4 Å². The maximum Gasteiger partial charge on any atom is 0.323 e. The van der Waals surface area contributed by atoms with E-state index in [4.69, 9.17) is 16.3 Å². The molecule has 38 heavy (non-hydrogen) atoms. The van der Waals surface area contributed by atoms with E-state index in [1.165, 1.54) is 18.2 Å². The molecule has 1 aliphatic heterocycles. The zero-order valence-electron chi connectivity index (χ0n) is 21.4. The van der Waals surface area contributed by atoms with Crippen molar-refractivity contribution in [1.29, 1.82) is 0 Å². The number of fused-ring (bicyclic) bond motifs is 4. The second-order valence-electron chi connectivity index (χ2n) is 9.80. The van der Waals surface area contributed by atoms with E-state index >= 15 is 0 Å². The van der Waals surface area contributed by atoms with Gasteiger partial charge in [0.2, 0.25) is 0 Å². The number of H-pyrrole nitrogens is 1. The number of pyridine rings is 1. The van der Waals surface area contributed by atoms with Gasteiger partial charge in [0.1, 0.15) is 6.04 Å². The minimum atomic E-state index is -0.409. The molecule has 6 rings (SSSR count). The van der Waals surface area contributed by atoms with E-state index in [1.807, 2.05) is 36.4 Å². The summed E-state index contributed by atoms with van der Waals surface area (Å²) in [7, 11) is 1.47. The van der Waals surface area contributed by atoms with Gasteiger partial charge in [0.15, 0.2) is 0 Å². The number of nitrogens with zero attached hydrogens (tertiary/aromatic N) is 2. The third kappa shape index (κ3) is 4.40. The summed E-state index contributed by atoms with van der Waals surface area (Å²) in [6, 6.07) is 24.1. The Morgan fingerprint density at radius 3 is 2.74 bits per heavy atom. The number of esters is 1. The standard InChI is InChI=1S/C31H29ClN4O2/c1-19-7-9-20(10-8-19)30-29-24(22-5-3-4-6-26(22)35-29)18-28(31(37)38-2)36(30)16-15-34-25-13-14-33-27-17-21(32)11-12-23(25)27/h3-14,17,28,30,35H,15-16,18H2,1-2H3,(H,33,34)/t28-,30+/m1/s1. The first-order valence-corrected chi connectivity index (χ1v) is 13.2. The predicted octanol–water partition coefficient (Wildman–Crippen LogP) is 6.28. The SMILES string of the molecule is COC(=O)[C@H]1Cc2c([nH]c3ccccc23)[C@H](c2ccc(C)cc2)N1CCNc1ccnc2cc(Cl)ccc12. The lowest BCUT2D eigenvalue weighted by atomic mass is 9.87. The van der Waals surface area contributed by atoms with Gasteiger partial charge in [-0.2, -0.15) is 0 Å². The summed E-state index contributed by atoms with van der Waals surface area (Å²) in [5, 5.41) is 6.40. The molecular weight excluding hydrogens is 496 g/mol. The zero-order valence-corrected chi connectivity index (χ0v) is 22.1. The van der Waals surface area contributed by atoms with Crippen LogP contribution in [0.1, 0.15) is 28.4 Å². The van der Waals surface area contributed by atoms with Crippen molar-refractivity contribution in [3.05, 3.63) is 106 Å². The minimum Gasteiger partial charge on any atom is -0.468 e. The number of nitrogens with one attached hydrogen (secondary N) is 2. The summed E-state index contributed by atoms with van der Waals surface area (Å²) in [5.74, 6) is -0.220. The van der Waals surface area contributed by atoms with Gasteiger partial charge in [-0.15, -0.1) is 0 Å². The van der Waals surface area contributed by atoms with Crippen molar-refractivity contribution in [2.24, 2.45) is 0 Å². The maximum absolute atomic E-state index is 13.2. The molecule has 5 aromatic rings. The van der Waals surface area contributed by atoms with Crippen LogP contribution in [0.5, 0.6) is 0 Å². The summed E-state index contributed by atoms with van der Waals surface area (Å²) < 4.78 is 5.33. The Morgan fingerprint density at radius 1 is 1.11 bits per heavy atom. The third-order valence-electron chi connectivity index (χ3n) is 7.51. The number of para-hydroxylation sites is 1. The molecule has 0 saturated carbocycles. The molecule has 0 amide bonds. The first-order valence-electron chi connectivity index (χ1n) is 12.8. The topological polar surface area (TPSA) is 70.2 Å². The Labute approximate surface area is 226 Å². The van der Waals surface area contributed by atoms with Crippen LogP contribution >= 0.6 is 11.6 Å². The second-order valence-corrected chi connectivity index (χ2v) is 10.2. The second kappa shape index (κ2) is 10.1. The van der Waals surface area contributed by atoms with Crippen molar-refractivity contribution in [3.63, 3.8) is 0 Å². The molecule has 7 heteroatoms. The fraction of sp³-hybridized carbons (Fsp3) is 0.226. The van der Waals surface area contributed by atoms with Gasteiger partial charge < -0.3 is 15.0 Å². The predicted molar refractivity (Wildman–Crippen MR) is 153 cm³/mol. The summed E-state index contributed by atoms with van der Waals surface area (Å²) in [6.07, 6.45) is 2.37. The highest BCUT2D eigenvalue weighted by Gasteiger charge is 2.41. The molecule has 2 N–H and O–H groups in total. The zero-order chi connectivity index (χ0) is 26.2. The van der Waals surface area contributed by atoms with Crippen molar-refractivity contribution in [1.82, 2.24) is 14.9 Å². The van der Waals surface area contributed by atoms with E-state index in [1.54, 1.807) is 6.20 Å². The van der Waals surface area contributed by atoms with Crippen molar-refractivity contribution >= 4 is 45.1 Å². The van der Waals surface area contributed by atoms with Crippen LogP contribution in [0.15, 0.2) is 79.0 Å². The Hall–Kier alpha value is -3.87. The van der Waals surface area contributed by atoms with Gasteiger partial charge in [-0.1, -0.05) is 59.6 Å². The van der Waals surface area contributed by atoms with Crippen LogP contribution in [0.4, 0.5) is 5.69 Å². The highest BCUT2D eigenvalue weighted by atomic mass is 35.5. The first kappa shape index (κ1) is 24.5. The van der Waals surface area contributed by atoms with Gasteiger partial charge in [0, 0.05) is 58.4 Å². The van der Waals surface area contributed by atoms with E-state index in [-0.39, 0.29) is 12.0 Å². The largest absolute Gasteiger partial charge is 0.468 e. The number of anilines is 1. The van der Waals surface area contributed by atoms with Crippen molar-refractivity contribution in [2.75, 3.05) is 25.5 Å². The smallest absolute Gasteiger partial charge is 0.323 e. The van der Waals surface area contributed by atoms with Crippen LogP contribution in [-0.4, -0.2) is 47.1 Å². The molecule has 3 heterocycles. The molecule has 192 valence electrons. The summed E-state index contributed by atoms with van der Waals surface area (Å²) in [4.78, 5) is 23.6. The molecule has 0 fully saturated rings. The fourth-order valence-corrected chi connectivity index (χ4v) is 5.84. The van der Waals surface area contributed by atoms with E-state index in [0.29, 0.717) is 24.5 Å². The molecule has 2 atom stereocenters. The number of hydrogen-bond acceptors (Lipinski definition) is 5. The molecule has 0 unspecified atom stereocenters. The van der Waals surface area contributed by atoms with E-state index in [2.05, 4.69) is 63.5 Å². The number of carbonyl (C=O) groups is 1. The van der Waals surface area contributed by atoms with Gasteiger partial charge >= 0.3 is 5.97 Å². The Morgan fingerprint density at radius 2 is 1.92 bits per heavy atom. The summed E-state index contributed by atoms with van der Waals surface area (Å²) in [5.41, 5.74) is 7.57. The van der Waals surface area contributed by atoms with Crippen LogP contribution in [0.2, 0.25) is 5.02 Å². The monoisotopic (exact) mass is 524 g/mol. The van der Waals surface area contributed by atoms with Crippen molar-refractivity contribution in [3.8, 4) is 0 Å². The van der Waals surface area contributed by atoms with Crippen LogP contribution in [0.3, 0.4) is 0 Å². The fourth-order valence-electron chi connectivity index (χ4n) is 5.67. The number of rotatable bonds is 6. The molecule has 0 bridgehead atoms. The number of benzene rings is 3. The first-order chi connectivity index (χ1) is 18.5. The molecule has 0 radical (unpaired) electrons. The number of halogens is 1. The molecule has 0 spiro atoms. The average molecular weight is 525 g/mol. The number of carbonyl (C=O) groups excluding carboxylic acids is 1. The molecule has 3 aromatic carbocycles. The molecule has 1 aliphatic rings. The number of aromatic amines is 1. The lowest BCUT2D eigenvalue weighted by molar-refractivity contribution is -0.148. The highest BCUT2D eigenvalue weighted by Crippen LogP contribution is 2.41. The molecule has 2 aromatic heterocycles. The quantitative estimate of drug-likeness (QED) is 0.256. The van der Waals surface area contributed by atoms with Crippen LogP contribution in [-0.2, 0) is 16.0 Å². The van der Waals surface area contributed by atoms with Gasteiger partial charge in [-0.3, -0.25) is 14.7 Å². The lowest BCUT2D eigenvalue weighted by Gasteiger charge is -2.41. The Bertz CT molecular complexity index is 1630. The summed E-state index contributed by atoms with van der Waals surface area (Å²) >= 11 is 6.18. The van der Waals surface area contributed by atoms with Crippen LogP contribution in [0.25, 0.3) is 21.8 Å². The van der Waals surface area contributed by atoms with Crippen LogP contribution < -0.4 is 5.32 Å². The highest BCUT2D eigenvalue weighted by molar-refractivity contribution is 6.31. The molecular formula is C31H29ClN4O2. The van der Waals surface area contributed by atoms with Gasteiger partial charge in [0.25, 0.3) is 0 Å². The lowest BCUT2D eigenvalue weighted by Crippen LogP contribution is -2.50. The number of aryl methyl sites for hydroxylation is 1. The Balaban J connectivity index is 1.38. The normalized spacial score (nSPS) is 17.4. The molecule has 0 saturated heterocycles. The number of methoxy groups -OCH3 is 1. The average Bonchev–Trinajstić information content (AvgIpc) is 3.31. The summed E-state index contributed by atoms with van der Waals surface area (Å²) in [6.45, 7) is 3.35.